The van der Waals surface area contributed by atoms with Crippen molar-refractivity contribution in [2.45, 2.75) is 48.6 Å². The number of benzene rings is 3. The van der Waals surface area contributed by atoms with E-state index in [4.69, 9.17) is 4.74 Å². The topological polar surface area (TPSA) is 75.7 Å². The highest BCUT2D eigenvalue weighted by Crippen LogP contribution is 2.59. The number of hydrogen-bond acceptors (Lipinski definition) is 5. The Morgan fingerprint density at radius 3 is 2.56 bits per heavy atom. The standard InChI is InChI=1S/C30H31FN2O4S2/c1-37-23-6-4-7-24(18-23)39(35,36)33-27-12-11-21(29(34)32-19-22-5-2-3-8-26(22)31)17-25(27)30(13-15-38-16-14-30)28(33)20-9-10-20/h2-8,11-12,17-18,20,28H,9-10,13-16,19H2,1H3,(H,32,34). The summed E-state index contributed by atoms with van der Waals surface area (Å²) in [7, 11) is -2.37. The highest BCUT2D eigenvalue weighted by atomic mass is 32.2. The zero-order chi connectivity index (χ0) is 27.2. The van der Waals surface area contributed by atoms with Crippen molar-refractivity contribution in [3.05, 3.63) is 89.2 Å². The molecule has 2 fully saturated rings. The van der Waals surface area contributed by atoms with Crippen LogP contribution in [-0.2, 0) is 22.0 Å². The van der Waals surface area contributed by atoms with Crippen LogP contribution >= 0.6 is 11.8 Å². The molecule has 6 rings (SSSR count). The number of anilines is 1. The average Bonchev–Trinajstić information content (AvgIpc) is 3.76. The van der Waals surface area contributed by atoms with Crippen LogP contribution in [0.3, 0.4) is 0 Å². The molecule has 1 aliphatic carbocycles. The van der Waals surface area contributed by atoms with Gasteiger partial charge in [0.15, 0.2) is 0 Å². The van der Waals surface area contributed by atoms with E-state index in [2.05, 4.69) is 5.32 Å². The summed E-state index contributed by atoms with van der Waals surface area (Å²) < 4.78 is 49.7. The number of ether oxygens (including phenoxy) is 1. The van der Waals surface area contributed by atoms with Crippen LogP contribution in [0.1, 0.15) is 47.2 Å². The maximum atomic E-state index is 14.3. The molecule has 1 spiro atoms. The molecule has 1 unspecified atom stereocenters. The van der Waals surface area contributed by atoms with Crippen molar-refractivity contribution in [3.8, 4) is 5.75 Å². The molecule has 1 saturated heterocycles. The van der Waals surface area contributed by atoms with Crippen LogP contribution in [0.15, 0.2) is 71.6 Å². The third-order valence-electron chi connectivity index (χ3n) is 8.30. The van der Waals surface area contributed by atoms with Gasteiger partial charge in [-0.3, -0.25) is 9.10 Å². The number of hydrogen-bond donors (Lipinski definition) is 1. The first-order chi connectivity index (χ1) is 18.8. The summed E-state index contributed by atoms with van der Waals surface area (Å²) in [6, 6.07) is 18.2. The van der Waals surface area contributed by atoms with Gasteiger partial charge in [-0.1, -0.05) is 24.3 Å². The Kier molecular flexibility index (Phi) is 6.83. The Labute approximate surface area is 233 Å². The van der Waals surface area contributed by atoms with Gasteiger partial charge in [0.1, 0.15) is 11.6 Å². The van der Waals surface area contributed by atoms with Crippen LogP contribution in [0.25, 0.3) is 0 Å². The maximum absolute atomic E-state index is 14.3. The number of sulfonamides is 1. The highest BCUT2D eigenvalue weighted by molar-refractivity contribution is 7.99. The molecule has 2 aliphatic heterocycles. The lowest BCUT2D eigenvalue weighted by Crippen LogP contribution is -2.50. The lowest BCUT2D eigenvalue weighted by molar-refractivity contribution is 0.0950. The molecule has 1 atom stereocenters. The molecule has 0 radical (unpaired) electrons. The van der Waals surface area contributed by atoms with Gasteiger partial charge in [-0.15, -0.1) is 0 Å². The van der Waals surface area contributed by atoms with E-state index in [0.29, 0.717) is 22.6 Å². The van der Waals surface area contributed by atoms with Crippen molar-refractivity contribution in [1.29, 1.82) is 0 Å². The number of carbonyl (C=O) groups is 1. The second kappa shape index (κ2) is 10.2. The zero-order valence-corrected chi connectivity index (χ0v) is 23.4. The van der Waals surface area contributed by atoms with Crippen LogP contribution in [0.2, 0.25) is 0 Å². The van der Waals surface area contributed by atoms with Crippen LogP contribution in [-0.4, -0.2) is 39.0 Å². The minimum Gasteiger partial charge on any atom is -0.497 e. The highest BCUT2D eigenvalue weighted by Gasteiger charge is 2.59. The third kappa shape index (κ3) is 4.59. The fraction of sp³-hybridized carbons (Fsp3) is 0.367. The van der Waals surface area contributed by atoms with E-state index in [1.165, 1.54) is 13.2 Å². The summed E-state index contributed by atoms with van der Waals surface area (Å²) >= 11 is 1.89. The van der Waals surface area contributed by atoms with Crippen LogP contribution in [0.5, 0.6) is 5.75 Å². The number of fused-ring (bicyclic) bond motifs is 2. The number of methoxy groups -OCH3 is 1. The number of nitrogens with zero attached hydrogens (tertiary/aromatic N) is 1. The van der Waals surface area contributed by atoms with E-state index in [1.54, 1.807) is 58.9 Å². The van der Waals surface area contributed by atoms with E-state index in [-0.39, 0.29) is 40.5 Å². The van der Waals surface area contributed by atoms with Gasteiger partial charge in [-0.25, -0.2) is 12.8 Å². The Balaban J connectivity index is 1.41. The largest absolute Gasteiger partial charge is 0.497 e. The summed E-state index contributed by atoms with van der Waals surface area (Å²) in [6.07, 6.45) is 3.70. The van der Waals surface area contributed by atoms with E-state index >= 15 is 0 Å². The summed E-state index contributed by atoms with van der Waals surface area (Å²) in [5, 5.41) is 2.84. The molecule has 204 valence electrons. The third-order valence-corrected chi connectivity index (χ3v) is 11.1. The molecule has 2 heterocycles. The second-order valence-corrected chi connectivity index (χ2v) is 13.6. The Morgan fingerprint density at radius 2 is 1.85 bits per heavy atom. The minimum atomic E-state index is -3.89. The molecular formula is C30H31FN2O4S2. The lowest BCUT2D eigenvalue weighted by Gasteiger charge is -2.41. The molecule has 3 aliphatic rings. The molecule has 1 amide bonds. The van der Waals surface area contributed by atoms with Crippen molar-refractivity contribution in [2.24, 2.45) is 5.92 Å². The van der Waals surface area contributed by atoms with Crippen molar-refractivity contribution < 1.29 is 22.3 Å². The fourth-order valence-electron chi connectivity index (χ4n) is 6.23. The van der Waals surface area contributed by atoms with E-state index in [9.17, 15) is 17.6 Å². The normalized spacial score (nSPS) is 20.1. The first-order valence-corrected chi connectivity index (χ1v) is 15.9. The molecule has 1 N–H and O–H groups in total. The van der Waals surface area contributed by atoms with Crippen LogP contribution < -0.4 is 14.4 Å². The van der Waals surface area contributed by atoms with Gasteiger partial charge in [0.05, 0.1) is 23.7 Å². The quantitative estimate of drug-likeness (QED) is 0.408. The molecule has 39 heavy (non-hydrogen) atoms. The van der Waals surface area contributed by atoms with E-state index < -0.39 is 10.0 Å². The smallest absolute Gasteiger partial charge is 0.264 e. The predicted octanol–water partition coefficient (Wildman–Crippen LogP) is 5.52. The number of thioether (sulfide) groups is 1. The van der Waals surface area contributed by atoms with E-state index in [0.717, 1.165) is 42.8 Å². The number of halogens is 1. The van der Waals surface area contributed by atoms with Gasteiger partial charge in [-0.2, -0.15) is 11.8 Å². The van der Waals surface area contributed by atoms with E-state index in [1.807, 2.05) is 17.8 Å². The van der Waals surface area contributed by atoms with Crippen molar-refractivity contribution in [3.63, 3.8) is 0 Å². The van der Waals surface area contributed by atoms with Crippen molar-refractivity contribution in [1.82, 2.24) is 5.32 Å². The molecule has 3 aromatic carbocycles. The SMILES string of the molecule is COc1cccc(S(=O)(=O)N2c3ccc(C(=O)NCc4ccccc4F)cc3C3(CCSCC3)C2C2CC2)c1. The first-order valence-electron chi connectivity index (χ1n) is 13.3. The molecular weight excluding hydrogens is 535 g/mol. The van der Waals surface area contributed by atoms with Crippen LogP contribution in [0, 0.1) is 11.7 Å². The van der Waals surface area contributed by atoms with Gasteiger partial charge in [-0.05, 0) is 85.1 Å². The lowest BCUT2D eigenvalue weighted by atomic mass is 9.70. The zero-order valence-electron chi connectivity index (χ0n) is 21.7. The summed E-state index contributed by atoms with van der Waals surface area (Å²) in [5.74, 6) is 1.98. The molecule has 9 heteroatoms. The summed E-state index contributed by atoms with van der Waals surface area (Å²) in [4.78, 5) is 13.4. The van der Waals surface area contributed by atoms with Crippen molar-refractivity contribution >= 4 is 33.4 Å². The maximum Gasteiger partial charge on any atom is 0.264 e. The minimum absolute atomic E-state index is 0.0748. The van der Waals surface area contributed by atoms with Gasteiger partial charge in [0.25, 0.3) is 15.9 Å². The van der Waals surface area contributed by atoms with Gasteiger partial charge in [0, 0.05) is 29.2 Å². The molecule has 0 aromatic heterocycles. The first kappa shape index (κ1) is 26.2. The molecule has 6 nitrogen and oxygen atoms in total. The Morgan fingerprint density at radius 1 is 1.08 bits per heavy atom. The molecule has 0 bridgehead atoms. The van der Waals surface area contributed by atoms with Gasteiger partial charge >= 0.3 is 0 Å². The number of rotatable bonds is 7. The number of carbonyl (C=O) groups excluding carboxylic acids is 1. The number of nitrogens with one attached hydrogen (secondary N) is 1. The second-order valence-electron chi connectivity index (χ2n) is 10.5. The monoisotopic (exact) mass is 566 g/mol. The number of amides is 1. The fourth-order valence-corrected chi connectivity index (χ4v) is 9.29. The Bertz CT molecular complexity index is 1520. The molecule has 1 saturated carbocycles. The predicted molar refractivity (Wildman–Crippen MR) is 151 cm³/mol. The average molecular weight is 567 g/mol. The molecule has 3 aromatic rings. The van der Waals surface area contributed by atoms with Crippen molar-refractivity contribution in [2.75, 3.05) is 22.9 Å². The van der Waals surface area contributed by atoms with Gasteiger partial charge in [0.2, 0.25) is 0 Å². The van der Waals surface area contributed by atoms with Gasteiger partial charge < -0.3 is 10.1 Å². The Hall–Kier alpha value is -3.04. The summed E-state index contributed by atoms with van der Waals surface area (Å²) in [6.45, 7) is 0.0748. The van der Waals surface area contributed by atoms with Crippen LogP contribution in [0.4, 0.5) is 10.1 Å². The summed E-state index contributed by atoms with van der Waals surface area (Å²) in [5.41, 5.74) is 2.11.